The zero-order chi connectivity index (χ0) is 22.6. The Morgan fingerprint density at radius 1 is 1.06 bits per heavy atom. The molecule has 3 nitrogen and oxygen atoms in total. The lowest BCUT2D eigenvalue weighted by atomic mass is 9.68. The molecule has 2 unspecified atom stereocenters. The molecule has 1 fully saturated rings. The number of hydrogen-bond donors (Lipinski definition) is 1. The van der Waals surface area contributed by atoms with Crippen LogP contribution in [0.4, 0.5) is 0 Å². The Balaban J connectivity index is 1.64. The molecule has 174 valence electrons. The van der Waals surface area contributed by atoms with Gasteiger partial charge in [-0.15, -0.1) is 0 Å². The number of allylic oxidation sites excluding steroid dienone is 1. The van der Waals surface area contributed by atoms with Gasteiger partial charge >= 0.3 is 0 Å². The van der Waals surface area contributed by atoms with Gasteiger partial charge in [-0.1, -0.05) is 52.8 Å². The highest BCUT2D eigenvalue weighted by Crippen LogP contribution is 2.44. The van der Waals surface area contributed by atoms with Crippen molar-refractivity contribution < 1.29 is 14.6 Å². The van der Waals surface area contributed by atoms with E-state index < -0.39 is 0 Å². The topological polar surface area (TPSA) is 38.7 Å². The summed E-state index contributed by atoms with van der Waals surface area (Å²) in [6.07, 6.45) is 9.17. The molecule has 3 rings (SSSR count). The van der Waals surface area contributed by atoms with Gasteiger partial charge in [0.2, 0.25) is 0 Å². The molecular formula is C28H44O3. The highest BCUT2D eigenvalue weighted by Gasteiger charge is 2.32. The number of aliphatic hydroxyl groups is 1. The first-order valence-corrected chi connectivity index (χ1v) is 12.5. The van der Waals surface area contributed by atoms with E-state index >= 15 is 0 Å². The van der Waals surface area contributed by atoms with E-state index in [-0.39, 0.29) is 17.8 Å². The van der Waals surface area contributed by atoms with Crippen LogP contribution in [0.2, 0.25) is 0 Å². The number of aliphatic hydroxyl groups excluding tert-OH is 1. The van der Waals surface area contributed by atoms with E-state index in [4.69, 9.17) is 9.47 Å². The third-order valence-electron chi connectivity index (χ3n) is 7.12. The van der Waals surface area contributed by atoms with Crippen LogP contribution in [-0.4, -0.2) is 24.1 Å². The summed E-state index contributed by atoms with van der Waals surface area (Å²) < 4.78 is 12.3. The van der Waals surface area contributed by atoms with Crippen LogP contribution in [0.1, 0.15) is 103 Å². The van der Waals surface area contributed by atoms with E-state index in [0.29, 0.717) is 17.8 Å². The lowest BCUT2D eigenvalue weighted by molar-refractivity contribution is -0.0882. The van der Waals surface area contributed by atoms with Crippen molar-refractivity contribution in [2.45, 2.75) is 105 Å². The van der Waals surface area contributed by atoms with Gasteiger partial charge in [-0.2, -0.15) is 0 Å². The van der Waals surface area contributed by atoms with Crippen LogP contribution in [0.3, 0.4) is 0 Å². The number of ether oxygens (including phenoxy) is 2. The molecule has 0 heterocycles. The van der Waals surface area contributed by atoms with Crippen LogP contribution in [0.5, 0.6) is 0 Å². The van der Waals surface area contributed by atoms with Gasteiger partial charge in [0.15, 0.2) is 6.29 Å². The molecule has 0 amide bonds. The average Bonchev–Trinajstić information content (AvgIpc) is 2.69. The van der Waals surface area contributed by atoms with Gasteiger partial charge in [0, 0.05) is 5.56 Å². The standard InChI is InChI=1S/C28H44O3/c1-19(2)27(28(4,5)6)25-11-7-10-24-23(25)9-8-12-26(24)31-20(3)30-18-17-21-13-15-22(29)16-14-21/h7,10-12,19-22,27,29H,8-9,13-18H2,1-6H3. The molecule has 0 bridgehead atoms. The second-order valence-electron chi connectivity index (χ2n) is 11.1. The molecule has 1 aromatic carbocycles. The molecule has 2 aliphatic rings. The summed E-state index contributed by atoms with van der Waals surface area (Å²) >= 11 is 0. The quantitative estimate of drug-likeness (QED) is 0.450. The van der Waals surface area contributed by atoms with Crippen molar-refractivity contribution in [3.63, 3.8) is 0 Å². The lowest BCUT2D eigenvalue weighted by Gasteiger charge is -2.37. The number of rotatable bonds is 8. The van der Waals surface area contributed by atoms with Crippen LogP contribution in [0.15, 0.2) is 24.3 Å². The molecule has 0 aromatic heterocycles. The lowest BCUT2D eigenvalue weighted by Crippen LogP contribution is -2.25. The zero-order valence-electron chi connectivity index (χ0n) is 20.6. The fraction of sp³-hybridized carbons (Fsp3) is 0.714. The Morgan fingerprint density at radius 2 is 1.77 bits per heavy atom. The third kappa shape index (κ3) is 6.35. The fourth-order valence-electron chi connectivity index (χ4n) is 5.85. The maximum atomic E-state index is 9.67. The van der Waals surface area contributed by atoms with E-state index in [0.717, 1.165) is 57.3 Å². The van der Waals surface area contributed by atoms with E-state index in [1.165, 1.54) is 16.7 Å². The van der Waals surface area contributed by atoms with Crippen molar-refractivity contribution >= 4 is 5.76 Å². The predicted octanol–water partition coefficient (Wildman–Crippen LogP) is 7.08. The van der Waals surface area contributed by atoms with E-state index in [2.05, 4.69) is 58.9 Å². The van der Waals surface area contributed by atoms with Gasteiger partial charge in [0.1, 0.15) is 5.76 Å². The van der Waals surface area contributed by atoms with Crippen LogP contribution in [0, 0.1) is 17.3 Å². The SMILES string of the molecule is CC(OCCC1CCC(O)CC1)OC1=CCCc2c1cccc2C(C(C)C)C(C)(C)C. The number of benzene rings is 1. The normalized spacial score (nSPS) is 23.8. The first-order valence-electron chi connectivity index (χ1n) is 12.5. The average molecular weight is 429 g/mol. The van der Waals surface area contributed by atoms with Crippen LogP contribution in [0.25, 0.3) is 5.76 Å². The smallest absolute Gasteiger partial charge is 0.196 e. The van der Waals surface area contributed by atoms with Crippen molar-refractivity contribution in [1.82, 2.24) is 0 Å². The van der Waals surface area contributed by atoms with Crippen molar-refractivity contribution in [3.8, 4) is 0 Å². The van der Waals surface area contributed by atoms with Gasteiger partial charge in [-0.05, 0) is 92.2 Å². The summed E-state index contributed by atoms with van der Waals surface area (Å²) in [7, 11) is 0. The summed E-state index contributed by atoms with van der Waals surface area (Å²) in [5, 5.41) is 9.67. The Kier molecular flexibility index (Phi) is 8.26. The third-order valence-corrected chi connectivity index (χ3v) is 7.12. The maximum Gasteiger partial charge on any atom is 0.196 e. The van der Waals surface area contributed by atoms with Crippen LogP contribution >= 0.6 is 0 Å². The molecule has 1 saturated carbocycles. The molecule has 0 radical (unpaired) electrons. The molecule has 0 saturated heterocycles. The Hall–Kier alpha value is -1.32. The van der Waals surface area contributed by atoms with Gasteiger partial charge in [-0.3, -0.25) is 0 Å². The summed E-state index contributed by atoms with van der Waals surface area (Å²) in [6.45, 7) is 14.5. The minimum Gasteiger partial charge on any atom is -0.465 e. The van der Waals surface area contributed by atoms with Crippen molar-refractivity contribution in [1.29, 1.82) is 0 Å². The highest BCUT2D eigenvalue weighted by molar-refractivity contribution is 5.67. The van der Waals surface area contributed by atoms with Crippen molar-refractivity contribution in [3.05, 3.63) is 41.0 Å². The van der Waals surface area contributed by atoms with E-state index in [9.17, 15) is 5.11 Å². The molecule has 2 atom stereocenters. The Morgan fingerprint density at radius 3 is 2.42 bits per heavy atom. The minimum atomic E-state index is -0.251. The minimum absolute atomic E-state index is 0.0869. The number of fused-ring (bicyclic) bond motifs is 1. The zero-order valence-corrected chi connectivity index (χ0v) is 20.6. The predicted molar refractivity (Wildman–Crippen MR) is 129 cm³/mol. The maximum absolute atomic E-state index is 9.67. The monoisotopic (exact) mass is 428 g/mol. The summed E-state index contributed by atoms with van der Waals surface area (Å²) in [5.41, 5.74) is 4.41. The van der Waals surface area contributed by atoms with Crippen molar-refractivity contribution in [2.24, 2.45) is 17.3 Å². The number of hydrogen-bond acceptors (Lipinski definition) is 3. The van der Waals surface area contributed by atoms with Crippen LogP contribution < -0.4 is 0 Å². The second kappa shape index (κ2) is 10.5. The molecule has 2 aliphatic carbocycles. The van der Waals surface area contributed by atoms with Gasteiger partial charge in [0.25, 0.3) is 0 Å². The fourth-order valence-corrected chi connectivity index (χ4v) is 5.85. The summed E-state index contributed by atoms with van der Waals surface area (Å²) in [5.74, 6) is 2.76. The van der Waals surface area contributed by atoms with Gasteiger partial charge in [-0.25, -0.2) is 0 Å². The molecular weight excluding hydrogens is 384 g/mol. The van der Waals surface area contributed by atoms with Gasteiger partial charge < -0.3 is 14.6 Å². The molecule has 1 aromatic rings. The summed E-state index contributed by atoms with van der Waals surface area (Å²) in [4.78, 5) is 0. The Labute approximate surface area is 190 Å². The van der Waals surface area contributed by atoms with Gasteiger partial charge in [0.05, 0.1) is 12.7 Å². The first kappa shape index (κ1) is 24.3. The molecule has 1 N–H and O–H groups in total. The molecule has 0 spiro atoms. The largest absolute Gasteiger partial charge is 0.465 e. The molecule has 0 aliphatic heterocycles. The second-order valence-corrected chi connectivity index (χ2v) is 11.1. The van der Waals surface area contributed by atoms with E-state index in [1.807, 2.05) is 6.92 Å². The Bertz CT molecular complexity index is 735. The summed E-state index contributed by atoms with van der Waals surface area (Å²) in [6, 6.07) is 6.74. The van der Waals surface area contributed by atoms with E-state index in [1.54, 1.807) is 0 Å². The van der Waals surface area contributed by atoms with Crippen molar-refractivity contribution in [2.75, 3.05) is 6.61 Å². The molecule has 3 heteroatoms. The van der Waals surface area contributed by atoms with Crippen LogP contribution in [-0.2, 0) is 15.9 Å². The molecule has 31 heavy (non-hydrogen) atoms. The first-order chi connectivity index (χ1) is 14.7. The highest BCUT2D eigenvalue weighted by atomic mass is 16.7.